The second kappa shape index (κ2) is 8.06. The molecule has 1 N–H and O–H groups in total. The third-order valence-corrected chi connectivity index (χ3v) is 4.77. The SMILES string of the molecule is Cc1nc(N[C@H](C)c2cccc(C(F)F)c2F)c2cc(-c3cccnc3)cnc2n1. The van der Waals surface area contributed by atoms with Crippen LogP contribution in [0.5, 0.6) is 0 Å². The number of aromatic nitrogens is 4. The lowest BCUT2D eigenvalue weighted by atomic mass is 10.0. The van der Waals surface area contributed by atoms with Crippen LogP contribution >= 0.6 is 0 Å². The van der Waals surface area contributed by atoms with Crippen molar-refractivity contribution >= 4 is 16.9 Å². The van der Waals surface area contributed by atoms with E-state index in [1.165, 1.54) is 12.1 Å². The minimum absolute atomic E-state index is 0.133. The summed E-state index contributed by atoms with van der Waals surface area (Å²) in [7, 11) is 0. The summed E-state index contributed by atoms with van der Waals surface area (Å²) in [5, 5.41) is 3.77. The number of fused-ring (bicyclic) bond motifs is 1. The van der Waals surface area contributed by atoms with Crippen molar-refractivity contribution < 1.29 is 13.2 Å². The summed E-state index contributed by atoms with van der Waals surface area (Å²) >= 11 is 0. The molecule has 0 saturated heterocycles. The van der Waals surface area contributed by atoms with Gasteiger partial charge in [-0.25, -0.2) is 28.1 Å². The second-order valence-electron chi connectivity index (χ2n) is 6.87. The molecule has 0 aliphatic heterocycles. The maximum absolute atomic E-state index is 14.6. The Bertz CT molecular complexity index is 1200. The minimum Gasteiger partial charge on any atom is -0.363 e. The van der Waals surface area contributed by atoms with Gasteiger partial charge < -0.3 is 5.32 Å². The highest BCUT2D eigenvalue weighted by Gasteiger charge is 2.20. The third-order valence-electron chi connectivity index (χ3n) is 4.77. The summed E-state index contributed by atoms with van der Waals surface area (Å²) in [5.41, 5.74) is 1.69. The molecule has 1 atom stereocenters. The predicted molar refractivity (Wildman–Crippen MR) is 109 cm³/mol. The molecule has 4 rings (SSSR count). The maximum atomic E-state index is 14.6. The number of aryl methyl sites for hydroxylation is 1. The van der Waals surface area contributed by atoms with Gasteiger partial charge in [0.15, 0.2) is 5.65 Å². The van der Waals surface area contributed by atoms with E-state index < -0.39 is 23.8 Å². The van der Waals surface area contributed by atoms with Crippen LogP contribution in [0.25, 0.3) is 22.2 Å². The molecule has 5 nitrogen and oxygen atoms in total. The third kappa shape index (κ3) is 3.80. The number of hydrogen-bond acceptors (Lipinski definition) is 5. The monoisotopic (exact) mass is 409 g/mol. The first-order valence-corrected chi connectivity index (χ1v) is 9.32. The largest absolute Gasteiger partial charge is 0.363 e. The Hall–Kier alpha value is -3.55. The number of halogens is 3. The summed E-state index contributed by atoms with van der Waals surface area (Å²) in [6.45, 7) is 3.42. The highest BCUT2D eigenvalue weighted by molar-refractivity contribution is 5.90. The Balaban J connectivity index is 1.76. The Morgan fingerprint density at radius 3 is 2.50 bits per heavy atom. The van der Waals surface area contributed by atoms with Crippen LogP contribution in [-0.2, 0) is 0 Å². The van der Waals surface area contributed by atoms with Gasteiger partial charge in [0.1, 0.15) is 17.5 Å². The molecular weight excluding hydrogens is 391 g/mol. The molecule has 0 fully saturated rings. The number of benzene rings is 1. The zero-order valence-electron chi connectivity index (χ0n) is 16.3. The lowest BCUT2D eigenvalue weighted by molar-refractivity contribution is 0.146. The van der Waals surface area contributed by atoms with Crippen LogP contribution < -0.4 is 5.32 Å². The lowest BCUT2D eigenvalue weighted by Gasteiger charge is -2.18. The summed E-state index contributed by atoms with van der Waals surface area (Å²) in [6.07, 6.45) is 2.22. The number of rotatable bonds is 5. The number of anilines is 1. The second-order valence-corrected chi connectivity index (χ2v) is 6.87. The molecule has 0 aliphatic rings. The van der Waals surface area contributed by atoms with E-state index in [9.17, 15) is 13.2 Å². The molecule has 3 aromatic heterocycles. The van der Waals surface area contributed by atoms with E-state index in [-0.39, 0.29) is 5.56 Å². The van der Waals surface area contributed by atoms with Crippen LogP contribution in [-0.4, -0.2) is 19.9 Å². The topological polar surface area (TPSA) is 63.6 Å². The highest BCUT2D eigenvalue weighted by atomic mass is 19.3. The summed E-state index contributed by atoms with van der Waals surface area (Å²) in [4.78, 5) is 17.3. The summed E-state index contributed by atoms with van der Waals surface area (Å²) < 4.78 is 40.7. The van der Waals surface area contributed by atoms with Crippen molar-refractivity contribution in [2.75, 3.05) is 5.32 Å². The standard InChI is InChI=1S/C22H18F3N5/c1-12(16-6-3-7-17(19(16)23)20(24)25)28-22-18-9-15(14-5-4-8-26-10-14)11-27-21(18)29-13(2)30-22/h3-12,20H,1-2H3,(H,27,28,29,30)/t12-/m1/s1. The van der Waals surface area contributed by atoms with Crippen LogP contribution in [0.4, 0.5) is 19.0 Å². The van der Waals surface area contributed by atoms with Crippen molar-refractivity contribution in [2.24, 2.45) is 0 Å². The highest BCUT2D eigenvalue weighted by Crippen LogP contribution is 2.31. The Morgan fingerprint density at radius 1 is 0.967 bits per heavy atom. The molecule has 0 unspecified atom stereocenters. The van der Waals surface area contributed by atoms with Gasteiger partial charge in [0.25, 0.3) is 6.43 Å². The number of pyridine rings is 2. The first-order valence-electron chi connectivity index (χ1n) is 9.32. The minimum atomic E-state index is -2.88. The van der Waals surface area contributed by atoms with Crippen molar-refractivity contribution in [3.63, 3.8) is 0 Å². The number of nitrogens with one attached hydrogen (secondary N) is 1. The fraction of sp³-hybridized carbons (Fsp3) is 0.182. The van der Waals surface area contributed by atoms with Crippen LogP contribution in [0.1, 0.15) is 36.3 Å². The van der Waals surface area contributed by atoms with Crippen LogP contribution in [0.3, 0.4) is 0 Å². The van der Waals surface area contributed by atoms with Crippen molar-refractivity contribution in [3.05, 3.63) is 77.8 Å². The smallest absolute Gasteiger partial charge is 0.266 e. The normalized spacial score (nSPS) is 12.3. The Kier molecular flexibility index (Phi) is 5.31. The van der Waals surface area contributed by atoms with Gasteiger partial charge in [0.05, 0.1) is 17.0 Å². The lowest BCUT2D eigenvalue weighted by Crippen LogP contribution is -2.12. The average molecular weight is 409 g/mol. The van der Waals surface area contributed by atoms with E-state index in [2.05, 4.69) is 25.3 Å². The Morgan fingerprint density at radius 2 is 1.77 bits per heavy atom. The molecule has 30 heavy (non-hydrogen) atoms. The number of hydrogen-bond donors (Lipinski definition) is 1. The zero-order chi connectivity index (χ0) is 21.3. The molecule has 0 radical (unpaired) electrons. The first kappa shape index (κ1) is 19.8. The van der Waals surface area contributed by atoms with E-state index in [4.69, 9.17) is 0 Å². The van der Waals surface area contributed by atoms with Crippen molar-refractivity contribution in [3.8, 4) is 11.1 Å². The molecular formula is C22H18F3N5. The van der Waals surface area contributed by atoms with Crippen LogP contribution in [0.15, 0.2) is 55.0 Å². The quantitative estimate of drug-likeness (QED) is 0.462. The molecule has 0 saturated carbocycles. The van der Waals surface area contributed by atoms with E-state index >= 15 is 0 Å². The molecule has 0 bridgehead atoms. The van der Waals surface area contributed by atoms with Gasteiger partial charge in [-0.3, -0.25) is 4.98 Å². The van der Waals surface area contributed by atoms with Gasteiger partial charge in [-0.1, -0.05) is 24.3 Å². The van der Waals surface area contributed by atoms with Gasteiger partial charge >= 0.3 is 0 Å². The summed E-state index contributed by atoms with van der Waals surface area (Å²) in [5.74, 6) is 0.0162. The van der Waals surface area contributed by atoms with E-state index in [1.807, 2.05) is 18.2 Å². The van der Waals surface area contributed by atoms with Crippen molar-refractivity contribution in [2.45, 2.75) is 26.3 Å². The molecule has 3 heterocycles. The van der Waals surface area contributed by atoms with Gasteiger partial charge in [-0.15, -0.1) is 0 Å². The van der Waals surface area contributed by atoms with Gasteiger partial charge in [-0.05, 0) is 26.0 Å². The Labute approximate surface area is 171 Å². The van der Waals surface area contributed by atoms with E-state index in [1.54, 1.807) is 32.4 Å². The fourth-order valence-corrected chi connectivity index (χ4v) is 3.28. The molecule has 152 valence electrons. The maximum Gasteiger partial charge on any atom is 0.266 e. The molecule has 8 heteroatoms. The fourth-order valence-electron chi connectivity index (χ4n) is 3.28. The molecule has 0 aliphatic carbocycles. The van der Waals surface area contributed by atoms with Gasteiger partial charge in [-0.2, -0.15) is 0 Å². The number of alkyl halides is 2. The zero-order valence-corrected chi connectivity index (χ0v) is 16.3. The van der Waals surface area contributed by atoms with Gasteiger partial charge in [0.2, 0.25) is 0 Å². The van der Waals surface area contributed by atoms with E-state index in [0.29, 0.717) is 22.7 Å². The first-order chi connectivity index (χ1) is 14.4. The van der Waals surface area contributed by atoms with Crippen molar-refractivity contribution in [1.29, 1.82) is 0 Å². The predicted octanol–water partition coefficient (Wildman–Crippen LogP) is 5.65. The molecule has 4 aromatic rings. The molecule has 1 aromatic carbocycles. The number of nitrogens with zero attached hydrogens (tertiary/aromatic N) is 4. The van der Waals surface area contributed by atoms with Gasteiger partial charge in [0, 0.05) is 35.3 Å². The van der Waals surface area contributed by atoms with Crippen LogP contribution in [0, 0.1) is 12.7 Å². The summed E-state index contributed by atoms with van der Waals surface area (Å²) in [6, 6.07) is 8.99. The van der Waals surface area contributed by atoms with Crippen molar-refractivity contribution in [1.82, 2.24) is 19.9 Å². The van der Waals surface area contributed by atoms with Crippen LogP contribution in [0.2, 0.25) is 0 Å². The average Bonchev–Trinajstić information content (AvgIpc) is 2.74. The van der Waals surface area contributed by atoms with E-state index in [0.717, 1.165) is 17.2 Å². The molecule has 0 spiro atoms. The molecule has 0 amide bonds.